The van der Waals surface area contributed by atoms with Crippen LogP contribution in [0.3, 0.4) is 0 Å². The number of carbonyl (C=O) groups is 1. The molecule has 160 valence electrons. The molecule has 31 heavy (non-hydrogen) atoms. The van der Waals surface area contributed by atoms with Crippen molar-refractivity contribution in [2.75, 3.05) is 19.0 Å². The molecule has 0 radical (unpaired) electrons. The van der Waals surface area contributed by atoms with Gasteiger partial charge in [-0.15, -0.1) is 11.8 Å². The van der Waals surface area contributed by atoms with Crippen LogP contribution in [-0.4, -0.2) is 34.7 Å². The van der Waals surface area contributed by atoms with Crippen molar-refractivity contribution in [3.05, 3.63) is 59.5 Å². The number of fused-ring (bicyclic) bond motifs is 2. The summed E-state index contributed by atoms with van der Waals surface area (Å²) in [6, 6.07) is 10.1. The highest BCUT2D eigenvalue weighted by molar-refractivity contribution is 7.99. The summed E-state index contributed by atoms with van der Waals surface area (Å²) in [5.41, 5.74) is 2.64. The van der Waals surface area contributed by atoms with Crippen LogP contribution in [0, 0.1) is 5.82 Å². The number of hydrogen-bond donors (Lipinski definition) is 1. The van der Waals surface area contributed by atoms with Gasteiger partial charge in [0.2, 0.25) is 0 Å². The van der Waals surface area contributed by atoms with Crippen LogP contribution in [0.1, 0.15) is 34.8 Å². The molecule has 0 spiro atoms. The number of amides is 1. The standard InChI is InChI=1S/C23H22FN3O3S/c1-27-13-17(22(26-27)14-3-5-19-20(11-14)30-9-2-8-29-19)23(28)25-18-7-10-31-21-6-4-15(24)12-16(18)21/h3-6,11-13,18H,2,7-10H2,1H3,(H,25,28)/t18-/m1/s1. The maximum Gasteiger partial charge on any atom is 0.255 e. The van der Waals surface area contributed by atoms with Crippen molar-refractivity contribution in [3.8, 4) is 22.8 Å². The summed E-state index contributed by atoms with van der Waals surface area (Å²) in [7, 11) is 1.78. The Hall–Kier alpha value is -3.00. The third-order valence-corrected chi connectivity index (χ3v) is 6.53. The fourth-order valence-corrected chi connectivity index (χ4v) is 5.04. The molecule has 1 atom stereocenters. The largest absolute Gasteiger partial charge is 0.490 e. The number of benzene rings is 2. The molecule has 0 unspecified atom stereocenters. The lowest BCUT2D eigenvalue weighted by molar-refractivity contribution is 0.0935. The fraction of sp³-hybridized carbons (Fsp3) is 0.304. The van der Waals surface area contributed by atoms with E-state index in [-0.39, 0.29) is 17.8 Å². The number of thioether (sulfide) groups is 1. The van der Waals surface area contributed by atoms with Crippen LogP contribution >= 0.6 is 11.8 Å². The van der Waals surface area contributed by atoms with Gasteiger partial charge in [-0.25, -0.2) is 4.39 Å². The molecule has 5 rings (SSSR count). The normalized spacial score (nSPS) is 17.5. The number of nitrogens with zero attached hydrogens (tertiary/aromatic N) is 2. The minimum atomic E-state index is -0.297. The molecule has 2 aromatic carbocycles. The van der Waals surface area contributed by atoms with Crippen LogP contribution in [0.25, 0.3) is 11.3 Å². The summed E-state index contributed by atoms with van der Waals surface area (Å²) in [6.45, 7) is 1.20. The van der Waals surface area contributed by atoms with Crippen molar-refractivity contribution in [3.63, 3.8) is 0 Å². The zero-order chi connectivity index (χ0) is 21.4. The second-order valence-corrected chi connectivity index (χ2v) is 8.76. The molecule has 0 aliphatic carbocycles. The molecule has 3 aromatic rings. The first-order valence-electron chi connectivity index (χ1n) is 10.3. The summed E-state index contributed by atoms with van der Waals surface area (Å²) >= 11 is 1.68. The monoisotopic (exact) mass is 439 g/mol. The number of aryl methyl sites for hydroxylation is 1. The Balaban J connectivity index is 1.45. The Labute approximate surface area is 183 Å². The molecule has 6 nitrogen and oxygen atoms in total. The molecule has 8 heteroatoms. The van der Waals surface area contributed by atoms with Crippen molar-refractivity contribution in [2.45, 2.75) is 23.8 Å². The molecule has 1 aromatic heterocycles. The highest BCUT2D eigenvalue weighted by atomic mass is 32.2. The van der Waals surface area contributed by atoms with Gasteiger partial charge < -0.3 is 14.8 Å². The number of hydrogen-bond acceptors (Lipinski definition) is 5. The Morgan fingerprint density at radius 1 is 1.19 bits per heavy atom. The van der Waals surface area contributed by atoms with E-state index in [1.54, 1.807) is 35.8 Å². The molecular weight excluding hydrogens is 417 g/mol. The Kier molecular flexibility index (Phi) is 5.31. The molecule has 0 bridgehead atoms. The quantitative estimate of drug-likeness (QED) is 0.657. The Morgan fingerprint density at radius 3 is 2.90 bits per heavy atom. The van der Waals surface area contributed by atoms with Gasteiger partial charge in [-0.2, -0.15) is 5.10 Å². The topological polar surface area (TPSA) is 65.4 Å². The Bertz CT molecular complexity index is 1150. The molecule has 0 saturated carbocycles. The van der Waals surface area contributed by atoms with Crippen LogP contribution in [0.15, 0.2) is 47.5 Å². The second-order valence-electron chi connectivity index (χ2n) is 7.62. The molecule has 1 amide bonds. The summed E-state index contributed by atoms with van der Waals surface area (Å²) in [6.07, 6.45) is 3.27. The smallest absolute Gasteiger partial charge is 0.255 e. The van der Waals surface area contributed by atoms with Crippen LogP contribution < -0.4 is 14.8 Å². The maximum atomic E-state index is 13.8. The summed E-state index contributed by atoms with van der Waals surface area (Å²) in [4.78, 5) is 14.2. The van der Waals surface area contributed by atoms with Gasteiger partial charge in [-0.3, -0.25) is 9.48 Å². The number of rotatable bonds is 3. The van der Waals surface area contributed by atoms with E-state index in [0.29, 0.717) is 36.0 Å². The second kappa shape index (κ2) is 8.26. The predicted molar refractivity (Wildman–Crippen MR) is 116 cm³/mol. The van der Waals surface area contributed by atoms with Crippen LogP contribution in [0.2, 0.25) is 0 Å². The molecule has 0 saturated heterocycles. The van der Waals surface area contributed by atoms with Crippen molar-refractivity contribution >= 4 is 17.7 Å². The average Bonchev–Trinajstić information content (AvgIpc) is 3.01. The van der Waals surface area contributed by atoms with E-state index >= 15 is 0 Å². The maximum absolute atomic E-state index is 13.8. The highest BCUT2D eigenvalue weighted by Crippen LogP contribution is 2.38. The molecule has 1 N–H and O–H groups in total. The average molecular weight is 440 g/mol. The molecular formula is C23H22FN3O3S. The van der Waals surface area contributed by atoms with E-state index in [2.05, 4.69) is 10.4 Å². The van der Waals surface area contributed by atoms with Crippen LogP contribution in [0.5, 0.6) is 11.5 Å². The van der Waals surface area contributed by atoms with E-state index in [1.165, 1.54) is 12.1 Å². The third kappa shape index (κ3) is 3.99. The van der Waals surface area contributed by atoms with E-state index in [9.17, 15) is 9.18 Å². The zero-order valence-electron chi connectivity index (χ0n) is 17.1. The lowest BCUT2D eigenvalue weighted by Crippen LogP contribution is -2.30. The molecule has 2 aliphatic rings. The highest BCUT2D eigenvalue weighted by Gasteiger charge is 2.26. The lowest BCUT2D eigenvalue weighted by atomic mass is 10.0. The van der Waals surface area contributed by atoms with E-state index in [4.69, 9.17) is 9.47 Å². The minimum absolute atomic E-state index is 0.234. The molecule has 0 fully saturated rings. The molecule has 3 heterocycles. The lowest BCUT2D eigenvalue weighted by Gasteiger charge is -2.26. The van der Waals surface area contributed by atoms with Gasteiger partial charge in [0.25, 0.3) is 5.91 Å². The van der Waals surface area contributed by atoms with Crippen molar-refractivity contribution in [1.29, 1.82) is 0 Å². The van der Waals surface area contributed by atoms with Crippen molar-refractivity contribution in [1.82, 2.24) is 15.1 Å². The van der Waals surface area contributed by atoms with Crippen molar-refractivity contribution in [2.24, 2.45) is 7.05 Å². The SMILES string of the molecule is Cn1cc(C(=O)N[C@@H]2CCSc3ccc(F)cc32)c(-c2ccc3c(c2)OCCCO3)n1. The number of ether oxygens (including phenoxy) is 2. The van der Waals surface area contributed by atoms with Gasteiger partial charge in [-0.1, -0.05) is 0 Å². The number of halogens is 1. The number of nitrogens with one attached hydrogen (secondary N) is 1. The fourth-order valence-electron chi connectivity index (χ4n) is 3.93. The van der Waals surface area contributed by atoms with Gasteiger partial charge >= 0.3 is 0 Å². The summed E-state index contributed by atoms with van der Waals surface area (Å²) in [5.74, 6) is 1.69. The zero-order valence-corrected chi connectivity index (χ0v) is 17.9. The van der Waals surface area contributed by atoms with Gasteiger partial charge in [0.1, 0.15) is 11.5 Å². The molecule has 2 aliphatic heterocycles. The van der Waals surface area contributed by atoms with Crippen molar-refractivity contribution < 1.29 is 18.7 Å². The first-order chi connectivity index (χ1) is 15.1. The number of aromatic nitrogens is 2. The first-order valence-corrected chi connectivity index (χ1v) is 11.2. The number of carbonyl (C=O) groups excluding carboxylic acids is 1. The predicted octanol–water partition coefficient (Wildman–Crippen LogP) is 4.35. The van der Waals surface area contributed by atoms with Gasteiger partial charge in [0.15, 0.2) is 11.5 Å². The Morgan fingerprint density at radius 2 is 2.03 bits per heavy atom. The van der Waals surface area contributed by atoms with Gasteiger partial charge in [-0.05, 0) is 48.4 Å². The van der Waals surface area contributed by atoms with E-state index in [0.717, 1.165) is 34.6 Å². The van der Waals surface area contributed by atoms with Crippen LogP contribution in [-0.2, 0) is 7.05 Å². The third-order valence-electron chi connectivity index (χ3n) is 5.41. The van der Waals surface area contributed by atoms with Gasteiger partial charge in [0.05, 0.1) is 24.8 Å². The summed E-state index contributed by atoms with van der Waals surface area (Å²) in [5, 5.41) is 7.61. The van der Waals surface area contributed by atoms with E-state index in [1.807, 2.05) is 18.2 Å². The van der Waals surface area contributed by atoms with E-state index < -0.39 is 0 Å². The minimum Gasteiger partial charge on any atom is -0.490 e. The first kappa shape index (κ1) is 19.9. The van der Waals surface area contributed by atoms with Crippen LogP contribution in [0.4, 0.5) is 4.39 Å². The summed E-state index contributed by atoms with van der Waals surface area (Å²) < 4.78 is 26.9. The van der Waals surface area contributed by atoms with Gasteiger partial charge in [0, 0.05) is 35.9 Å².